The summed E-state index contributed by atoms with van der Waals surface area (Å²) in [6.45, 7) is 8.67. The third kappa shape index (κ3) is 2.83. The molecule has 0 amide bonds. The molecule has 0 radical (unpaired) electrons. The van der Waals surface area contributed by atoms with E-state index in [2.05, 4.69) is 43.0 Å². The van der Waals surface area contributed by atoms with Gasteiger partial charge in [0, 0.05) is 30.7 Å². The Labute approximate surface area is 109 Å². The molecule has 1 aromatic rings. The van der Waals surface area contributed by atoms with Gasteiger partial charge in [0.1, 0.15) is 0 Å². The molecule has 0 saturated carbocycles. The molecule has 0 bridgehead atoms. The first-order valence-electron chi connectivity index (χ1n) is 6.46. The van der Waals surface area contributed by atoms with Crippen LogP contribution in [0.15, 0.2) is 12.3 Å². The summed E-state index contributed by atoms with van der Waals surface area (Å²) in [4.78, 5) is 2.46. The van der Waals surface area contributed by atoms with Gasteiger partial charge < -0.3 is 0 Å². The van der Waals surface area contributed by atoms with Gasteiger partial charge in [-0.1, -0.05) is 6.92 Å². The normalized spacial score (nSPS) is 25.9. The van der Waals surface area contributed by atoms with Crippen LogP contribution >= 0.6 is 11.6 Å². The van der Waals surface area contributed by atoms with E-state index in [1.807, 2.05) is 4.68 Å². The number of nitrogens with zero attached hydrogens (tertiary/aromatic N) is 3. The van der Waals surface area contributed by atoms with E-state index in [0.29, 0.717) is 18.0 Å². The Morgan fingerprint density at radius 1 is 1.53 bits per heavy atom. The zero-order chi connectivity index (χ0) is 12.4. The maximum Gasteiger partial charge on any atom is 0.0765 e. The number of aromatic nitrogens is 2. The summed E-state index contributed by atoms with van der Waals surface area (Å²) in [7, 11) is 0. The molecule has 0 aliphatic carbocycles. The molecule has 2 unspecified atom stereocenters. The van der Waals surface area contributed by atoms with Crippen LogP contribution in [0.3, 0.4) is 0 Å². The highest BCUT2D eigenvalue weighted by Crippen LogP contribution is 2.26. The van der Waals surface area contributed by atoms with Crippen molar-refractivity contribution in [1.29, 1.82) is 0 Å². The number of rotatable bonds is 4. The fraction of sp³-hybridized carbons (Fsp3) is 0.769. The Morgan fingerprint density at radius 3 is 2.88 bits per heavy atom. The van der Waals surface area contributed by atoms with Gasteiger partial charge in [-0.3, -0.25) is 9.58 Å². The van der Waals surface area contributed by atoms with Crippen LogP contribution in [-0.4, -0.2) is 33.1 Å². The van der Waals surface area contributed by atoms with Crippen molar-refractivity contribution in [2.45, 2.75) is 45.8 Å². The summed E-state index contributed by atoms with van der Waals surface area (Å²) in [5.74, 6) is 1.44. The largest absolute Gasteiger partial charge is 0.293 e. The number of alkyl halides is 1. The summed E-state index contributed by atoms with van der Waals surface area (Å²) in [6, 6.07) is 3.07. The van der Waals surface area contributed by atoms with Crippen molar-refractivity contribution < 1.29 is 0 Å². The van der Waals surface area contributed by atoms with E-state index in [1.165, 1.54) is 6.42 Å². The van der Waals surface area contributed by atoms with E-state index in [1.54, 1.807) is 0 Å². The molecule has 1 saturated heterocycles. The molecule has 2 rings (SSSR count). The predicted octanol–water partition coefficient (Wildman–Crippen LogP) is 2.91. The van der Waals surface area contributed by atoms with Crippen LogP contribution in [0.25, 0.3) is 0 Å². The molecule has 0 N–H and O–H groups in total. The second-order valence-electron chi connectivity index (χ2n) is 5.34. The lowest BCUT2D eigenvalue weighted by molar-refractivity contribution is 0.238. The van der Waals surface area contributed by atoms with Crippen molar-refractivity contribution in [3.63, 3.8) is 0 Å². The van der Waals surface area contributed by atoms with E-state index in [0.717, 1.165) is 24.7 Å². The van der Waals surface area contributed by atoms with Gasteiger partial charge in [0.2, 0.25) is 0 Å². The van der Waals surface area contributed by atoms with Gasteiger partial charge in [-0.2, -0.15) is 5.10 Å². The lowest BCUT2D eigenvalue weighted by Gasteiger charge is -2.23. The molecule has 2 heterocycles. The van der Waals surface area contributed by atoms with Crippen molar-refractivity contribution in [3.05, 3.63) is 18.0 Å². The number of hydrogen-bond acceptors (Lipinski definition) is 2. The van der Waals surface area contributed by atoms with Crippen molar-refractivity contribution in [3.8, 4) is 0 Å². The number of halogens is 1. The van der Waals surface area contributed by atoms with Crippen LogP contribution in [0.4, 0.5) is 0 Å². The van der Waals surface area contributed by atoms with Gasteiger partial charge in [-0.05, 0) is 38.8 Å². The fourth-order valence-corrected chi connectivity index (χ4v) is 2.99. The van der Waals surface area contributed by atoms with Crippen LogP contribution in [-0.2, 0) is 6.54 Å². The Hall–Kier alpha value is -0.540. The molecule has 96 valence electrons. The molecule has 1 aromatic heterocycles. The molecule has 4 heteroatoms. The molecule has 2 atom stereocenters. The number of likely N-dealkylation sites (tertiary alicyclic amines) is 1. The van der Waals surface area contributed by atoms with Crippen molar-refractivity contribution in [1.82, 2.24) is 14.7 Å². The van der Waals surface area contributed by atoms with E-state index >= 15 is 0 Å². The van der Waals surface area contributed by atoms with Gasteiger partial charge in [0.25, 0.3) is 0 Å². The first-order chi connectivity index (χ1) is 8.11. The average Bonchev–Trinajstić information content (AvgIpc) is 2.87. The second-order valence-corrected chi connectivity index (χ2v) is 5.65. The average molecular weight is 256 g/mol. The Morgan fingerprint density at radius 2 is 2.29 bits per heavy atom. The first-order valence-corrected chi connectivity index (χ1v) is 6.99. The third-order valence-corrected chi connectivity index (χ3v) is 4.03. The monoisotopic (exact) mass is 255 g/mol. The smallest absolute Gasteiger partial charge is 0.0765 e. The van der Waals surface area contributed by atoms with E-state index in [9.17, 15) is 0 Å². The molecule has 1 aliphatic heterocycles. The predicted molar refractivity (Wildman–Crippen MR) is 71.3 cm³/mol. The Kier molecular flexibility index (Phi) is 4.10. The second kappa shape index (κ2) is 5.40. The summed E-state index contributed by atoms with van der Waals surface area (Å²) in [6.07, 6.45) is 3.32. The van der Waals surface area contributed by atoms with Gasteiger partial charge in [-0.25, -0.2) is 0 Å². The van der Waals surface area contributed by atoms with Crippen LogP contribution in [0.2, 0.25) is 0 Å². The fourth-order valence-electron chi connectivity index (χ4n) is 2.49. The van der Waals surface area contributed by atoms with Gasteiger partial charge in [0.05, 0.1) is 5.69 Å². The maximum absolute atomic E-state index is 6.05. The van der Waals surface area contributed by atoms with Crippen LogP contribution in [0, 0.1) is 5.92 Å². The highest BCUT2D eigenvalue weighted by Gasteiger charge is 2.30. The molecule has 0 aromatic carbocycles. The summed E-state index contributed by atoms with van der Waals surface area (Å²) in [5.41, 5.74) is 1.16. The van der Waals surface area contributed by atoms with E-state index < -0.39 is 0 Å². The highest BCUT2D eigenvalue weighted by atomic mass is 35.5. The lowest BCUT2D eigenvalue weighted by Crippen LogP contribution is -2.33. The van der Waals surface area contributed by atoms with Crippen LogP contribution < -0.4 is 0 Å². The summed E-state index contributed by atoms with van der Waals surface area (Å²) >= 11 is 6.05. The van der Waals surface area contributed by atoms with Crippen LogP contribution in [0.5, 0.6) is 0 Å². The van der Waals surface area contributed by atoms with Gasteiger partial charge in [-0.15, -0.1) is 11.6 Å². The minimum absolute atomic E-state index is 0.435. The van der Waals surface area contributed by atoms with Crippen molar-refractivity contribution >= 4 is 11.6 Å². The van der Waals surface area contributed by atoms with E-state index in [4.69, 9.17) is 11.6 Å². The van der Waals surface area contributed by atoms with Crippen LogP contribution in [0.1, 0.15) is 38.9 Å². The summed E-state index contributed by atoms with van der Waals surface area (Å²) in [5, 5.41) is 4.60. The lowest BCUT2D eigenvalue weighted by atomic mass is 10.1. The standard InChI is InChI=1S/C13H22ClN3/c1-10(2)17-7-5-12(15-17)9-16-6-4-11(3)13(16)8-14/h5,7,10-11,13H,4,6,8-9H2,1-3H3. The van der Waals surface area contributed by atoms with Crippen molar-refractivity contribution in [2.75, 3.05) is 12.4 Å². The minimum Gasteiger partial charge on any atom is -0.293 e. The molecule has 1 aliphatic rings. The summed E-state index contributed by atoms with van der Waals surface area (Å²) < 4.78 is 2.02. The molecule has 0 spiro atoms. The quantitative estimate of drug-likeness (QED) is 0.772. The zero-order valence-electron chi connectivity index (χ0n) is 10.9. The minimum atomic E-state index is 0.435. The first kappa shape index (κ1) is 12.9. The highest BCUT2D eigenvalue weighted by molar-refractivity contribution is 6.18. The molecule has 17 heavy (non-hydrogen) atoms. The van der Waals surface area contributed by atoms with Gasteiger partial charge in [0.15, 0.2) is 0 Å². The third-order valence-electron chi connectivity index (χ3n) is 3.71. The zero-order valence-corrected chi connectivity index (χ0v) is 11.7. The van der Waals surface area contributed by atoms with E-state index in [-0.39, 0.29) is 0 Å². The molecular weight excluding hydrogens is 234 g/mol. The maximum atomic E-state index is 6.05. The Bertz CT molecular complexity index is 361. The number of hydrogen-bond donors (Lipinski definition) is 0. The van der Waals surface area contributed by atoms with Gasteiger partial charge >= 0.3 is 0 Å². The Balaban J connectivity index is 2.00. The SMILES string of the molecule is CC1CCN(Cc2ccn(C(C)C)n2)C1CCl. The molecule has 1 fully saturated rings. The molecular formula is C13H22ClN3. The topological polar surface area (TPSA) is 21.1 Å². The molecule has 3 nitrogen and oxygen atoms in total. The van der Waals surface area contributed by atoms with Crippen molar-refractivity contribution in [2.24, 2.45) is 5.92 Å².